The molecule has 1 unspecified atom stereocenters. The molecule has 0 fully saturated rings. The molecule has 20 heavy (non-hydrogen) atoms. The average molecular weight is 363 g/mol. The van der Waals surface area contributed by atoms with Crippen LogP contribution in [0.15, 0.2) is 22.9 Å². The van der Waals surface area contributed by atoms with E-state index in [9.17, 15) is 8.42 Å². The van der Waals surface area contributed by atoms with Gasteiger partial charge in [-0.05, 0) is 60.8 Å². The molecular formula is C14H23BrN2O2S. The Morgan fingerprint density at radius 2 is 2.05 bits per heavy atom. The molecule has 0 radical (unpaired) electrons. The Kier molecular flexibility index (Phi) is 6.16. The highest BCUT2D eigenvalue weighted by Crippen LogP contribution is 2.24. The molecule has 1 rings (SSSR count). The van der Waals surface area contributed by atoms with E-state index in [1.54, 1.807) is 26.2 Å². The number of pyridine rings is 1. The highest BCUT2D eigenvalue weighted by Gasteiger charge is 2.38. The fraction of sp³-hybridized carbons (Fsp3) is 0.643. The molecule has 1 aromatic heterocycles. The number of aromatic nitrogens is 1. The number of halogens is 1. The fourth-order valence-electron chi connectivity index (χ4n) is 1.94. The van der Waals surface area contributed by atoms with Gasteiger partial charge in [-0.2, -0.15) is 0 Å². The summed E-state index contributed by atoms with van der Waals surface area (Å²) in [4.78, 5) is 4.14. The fourth-order valence-corrected chi connectivity index (χ4v) is 3.04. The van der Waals surface area contributed by atoms with E-state index in [1.807, 2.05) is 6.07 Å². The predicted octanol–water partition coefficient (Wildman–Crippen LogP) is 2.58. The summed E-state index contributed by atoms with van der Waals surface area (Å²) in [6.07, 6.45) is 6.40. The quantitative estimate of drug-likeness (QED) is 0.809. The van der Waals surface area contributed by atoms with Crippen LogP contribution in [0, 0.1) is 0 Å². The first-order valence-corrected chi connectivity index (χ1v) is 9.39. The summed E-state index contributed by atoms with van der Waals surface area (Å²) in [7, 11) is -3.16. The van der Waals surface area contributed by atoms with Gasteiger partial charge in [0.25, 0.3) is 0 Å². The van der Waals surface area contributed by atoms with Crippen LogP contribution < -0.4 is 5.32 Å². The molecule has 0 aliphatic heterocycles. The van der Waals surface area contributed by atoms with E-state index in [1.165, 1.54) is 6.26 Å². The van der Waals surface area contributed by atoms with Crippen molar-refractivity contribution in [2.24, 2.45) is 0 Å². The molecule has 0 saturated heterocycles. The summed E-state index contributed by atoms with van der Waals surface area (Å²) >= 11 is 3.39. The lowest BCUT2D eigenvalue weighted by Gasteiger charge is -2.33. The Labute approximate surface area is 130 Å². The van der Waals surface area contributed by atoms with Crippen molar-refractivity contribution in [2.75, 3.05) is 12.8 Å². The zero-order valence-corrected chi connectivity index (χ0v) is 14.9. The number of sulfone groups is 1. The highest BCUT2D eigenvalue weighted by molar-refractivity contribution is 9.10. The molecule has 0 saturated carbocycles. The van der Waals surface area contributed by atoms with Gasteiger partial charge in [0, 0.05) is 29.2 Å². The third-order valence-electron chi connectivity index (χ3n) is 3.64. The van der Waals surface area contributed by atoms with E-state index in [2.05, 4.69) is 33.2 Å². The molecule has 0 amide bonds. The van der Waals surface area contributed by atoms with Gasteiger partial charge in [-0.15, -0.1) is 0 Å². The maximum atomic E-state index is 12.0. The van der Waals surface area contributed by atoms with Crippen LogP contribution >= 0.6 is 15.9 Å². The third-order valence-corrected chi connectivity index (χ3v) is 6.27. The van der Waals surface area contributed by atoms with Gasteiger partial charge in [-0.1, -0.05) is 6.92 Å². The zero-order chi connectivity index (χ0) is 15.4. The first kappa shape index (κ1) is 17.6. The normalized spacial score (nSPS) is 14.2. The van der Waals surface area contributed by atoms with Crippen LogP contribution in [0.2, 0.25) is 0 Å². The molecule has 0 aliphatic carbocycles. The van der Waals surface area contributed by atoms with Gasteiger partial charge < -0.3 is 5.32 Å². The predicted molar refractivity (Wildman–Crippen MR) is 86.6 cm³/mol. The van der Waals surface area contributed by atoms with Crippen molar-refractivity contribution in [3.05, 3.63) is 28.5 Å². The molecule has 4 nitrogen and oxygen atoms in total. The minimum Gasteiger partial charge on any atom is -0.312 e. The second kappa shape index (κ2) is 7.00. The molecule has 1 N–H and O–H groups in total. The van der Waals surface area contributed by atoms with Crippen molar-refractivity contribution in [2.45, 2.75) is 44.4 Å². The van der Waals surface area contributed by atoms with Crippen LogP contribution in [0.1, 0.15) is 32.8 Å². The van der Waals surface area contributed by atoms with Gasteiger partial charge in [-0.25, -0.2) is 8.42 Å². The topological polar surface area (TPSA) is 59.1 Å². The van der Waals surface area contributed by atoms with Crippen molar-refractivity contribution in [1.29, 1.82) is 0 Å². The maximum Gasteiger partial charge on any atom is 0.154 e. The first-order chi connectivity index (χ1) is 9.18. The number of nitrogens with one attached hydrogen (secondary N) is 1. The maximum absolute atomic E-state index is 12.0. The van der Waals surface area contributed by atoms with Gasteiger partial charge in [0.15, 0.2) is 9.84 Å². The minimum atomic E-state index is -3.16. The van der Waals surface area contributed by atoms with Gasteiger partial charge >= 0.3 is 0 Å². The molecule has 1 heterocycles. The van der Waals surface area contributed by atoms with E-state index < -0.39 is 14.6 Å². The number of nitrogens with zero attached hydrogens (tertiary/aromatic N) is 1. The van der Waals surface area contributed by atoms with Crippen molar-refractivity contribution in [1.82, 2.24) is 10.3 Å². The highest BCUT2D eigenvalue weighted by atomic mass is 79.9. The minimum absolute atomic E-state index is 0.145. The van der Waals surface area contributed by atoms with Crippen LogP contribution in [-0.2, 0) is 16.3 Å². The summed E-state index contributed by atoms with van der Waals surface area (Å²) < 4.78 is 24.2. The molecular weight excluding hydrogens is 340 g/mol. The molecule has 0 aromatic carbocycles. The van der Waals surface area contributed by atoms with E-state index in [0.717, 1.165) is 23.0 Å². The Balaban J connectivity index is 3.01. The SMILES string of the molecule is CCCNC(Cc1cncc(Br)c1)C(C)(C)S(C)(=O)=O. The van der Waals surface area contributed by atoms with E-state index in [-0.39, 0.29) is 6.04 Å². The second-order valence-electron chi connectivity index (χ2n) is 5.60. The van der Waals surface area contributed by atoms with Crippen molar-refractivity contribution in [3.63, 3.8) is 0 Å². The summed E-state index contributed by atoms with van der Waals surface area (Å²) in [6.45, 7) is 6.42. The van der Waals surface area contributed by atoms with Crippen molar-refractivity contribution >= 4 is 25.8 Å². The molecule has 114 valence electrons. The Hall–Kier alpha value is -0.460. The summed E-state index contributed by atoms with van der Waals surface area (Å²) in [5.41, 5.74) is 1.02. The monoisotopic (exact) mass is 362 g/mol. The molecule has 0 spiro atoms. The Morgan fingerprint density at radius 1 is 1.40 bits per heavy atom. The lowest BCUT2D eigenvalue weighted by Crippen LogP contribution is -2.52. The standard InChI is InChI=1S/C14H23BrN2O2S/c1-5-6-17-13(14(2,3)20(4,18)19)8-11-7-12(15)10-16-9-11/h7,9-10,13,17H,5-6,8H2,1-4H3. The van der Waals surface area contributed by atoms with Crippen LogP contribution in [0.25, 0.3) is 0 Å². The van der Waals surface area contributed by atoms with Crippen molar-refractivity contribution < 1.29 is 8.42 Å². The smallest absolute Gasteiger partial charge is 0.154 e. The van der Waals surface area contributed by atoms with Crippen LogP contribution in [-0.4, -0.2) is 37.0 Å². The van der Waals surface area contributed by atoms with E-state index >= 15 is 0 Å². The van der Waals surface area contributed by atoms with Gasteiger partial charge in [0.2, 0.25) is 0 Å². The summed E-state index contributed by atoms with van der Waals surface area (Å²) in [5.74, 6) is 0. The number of hydrogen-bond acceptors (Lipinski definition) is 4. The van der Waals surface area contributed by atoms with Crippen molar-refractivity contribution in [3.8, 4) is 0 Å². The van der Waals surface area contributed by atoms with Crippen LogP contribution in [0.3, 0.4) is 0 Å². The first-order valence-electron chi connectivity index (χ1n) is 6.71. The molecule has 6 heteroatoms. The van der Waals surface area contributed by atoms with Gasteiger partial charge in [0.05, 0.1) is 4.75 Å². The summed E-state index contributed by atoms with van der Waals surface area (Å²) in [6, 6.07) is 1.83. The molecule has 1 atom stereocenters. The van der Waals surface area contributed by atoms with E-state index in [0.29, 0.717) is 6.42 Å². The molecule has 0 bridgehead atoms. The van der Waals surface area contributed by atoms with Gasteiger partial charge in [-0.3, -0.25) is 4.98 Å². The van der Waals surface area contributed by atoms with E-state index in [4.69, 9.17) is 0 Å². The lowest BCUT2D eigenvalue weighted by atomic mass is 9.96. The second-order valence-corrected chi connectivity index (χ2v) is 9.11. The van der Waals surface area contributed by atoms with Crippen LogP contribution in [0.4, 0.5) is 0 Å². The molecule has 1 aromatic rings. The Morgan fingerprint density at radius 3 is 2.55 bits per heavy atom. The number of hydrogen-bond donors (Lipinski definition) is 1. The summed E-state index contributed by atoms with van der Waals surface area (Å²) in [5, 5.41) is 3.36. The zero-order valence-electron chi connectivity index (χ0n) is 12.5. The average Bonchev–Trinajstić information content (AvgIpc) is 2.33. The number of rotatable bonds is 7. The lowest BCUT2D eigenvalue weighted by molar-refractivity contribution is 0.406. The molecule has 0 aliphatic rings. The van der Waals surface area contributed by atoms with Gasteiger partial charge in [0.1, 0.15) is 0 Å². The Bertz CT molecular complexity index is 544. The largest absolute Gasteiger partial charge is 0.312 e. The van der Waals surface area contributed by atoms with Crippen LogP contribution in [0.5, 0.6) is 0 Å². The third kappa shape index (κ3) is 4.53.